The summed E-state index contributed by atoms with van der Waals surface area (Å²) in [5.74, 6) is 0. The maximum Gasteiger partial charge on any atom is 0.407 e. The molecular formula is C15H22N4O4. The molecule has 0 spiro atoms. The van der Waals surface area contributed by atoms with Gasteiger partial charge in [-0.15, -0.1) is 0 Å². The van der Waals surface area contributed by atoms with Gasteiger partial charge in [0.05, 0.1) is 32.1 Å². The van der Waals surface area contributed by atoms with Crippen molar-refractivity contribution in [1.82, 2.24) is 19.8 Å². The fraction of sp³-hybridized carbons (Fsp3) is 0.667. The average molecular weight is 322 g/mol. The van der Waals surface area contributed by atoms with Crippen molar-refractivity contribution < 1.29 is 19.4 Å². The molecule has 126 valence electrons. The molecule has 1 aromatic rings. The third kappa shape index (κ3) is 4.29. The molecule has 23 heavy (non-hydrogen) atoms. The molecule has 0 bridgehead atoms. The van der Waals surface area contributed by atoms with Crippen LogP contribution in [-0.4, -0.2) is 77.0 Å². The predicted molar refractivity (Wildman–Crippen MR) is 81.5 cm³/mol. The van der Waals surface area contributed by atoms with Crippen LogP contribution in [0.2, 0.25) is 0 Å². The summed E-state index contributed by atoms with van der Waals surface area (Å²) >= 11 is 0. The Balaban J connectivity index is 1.47. The first-order valence-corrected chi connectivity index (χ1v) is 7.98. The molecule has 1 fully saturated rings. The molecule has 0 atom stereocenters. The Hall–Kier alpha value is -1.93. The van der Waals surface area contributed by atoms with Crippen molar-refractivity contribution in [2.45, 2.75) is 19.4 Å². The van der Waals surface area contributed by atoms with Crippen LogP contribution in [0, 0.1) is 0 Å². The van der Waals surface area contributed by atoms with Gasteiger partial charge in [-0.25, -0.2) is 9.78 Å². The first-order valence-electron chi connectivity index (χ1n) is 7.98. The maximum absolute atomic E-state index is 11.0. The number of fused-ring (bicyclic) bond motifs is 1. The van der Waals surface area contributed by atoms with Gasteiger partial charge in [0.25, 0.3) is 0 Å². The van der Waals surface area contributed by atoms with Gasteiger partial charge in [0, 0.05) is 32.4 Å². The quantitative estimate of drug-likeness (QED) is 0.795. The van der Waals surface area contributed by atoms with E-state index >= 15 is 0 Å². The first kappa shape index (κ1) is 15.9. The van der Waals surface area contributed by atoms with Crippen molar-refractivity contribution >= 4 is 6.09 Å². The molecule has 1 saturated heterocycles. The summed E-state index contributed by atoms with van der Waals surface area (Å²) < 4.78 is 10.9. The van der Waals surface area contributed by atoms with E-state index in [0.29, 0.717) is 32.1 Å². The van der Waals surface area contributed by atoms with E-state index < -0.39 is 6.09 Å². The molecule has 1 aromatic heterocycles. The summed E-state index contributed by atoms with van der Waals surface area (Å²) in [6.45, 7) is 5.87. The molecule has 0 aromatic carbocycles. The molecule has 0 saturated carbocycles. The van der Waals surface area contributed by atoms with Crippen LogP contribution >= 0.6 is 0 Å². The number of hydrogen-bond acceptors (Lipinski definition) is 6. The van der Waals surface area contributed by atoms with Gasteiger partial charge in [-0.1, -0.05) is 0 Å². The second kappa shape index (κ2) is 7.56. The minimum absolute atomic E-state index is 0.303. The minimum atomic E-state index is -0.915. The number of amides is 1. The second-order valence-electron chi connectivity index (χ2n) is 5.73. The topological polar surface area (TPSA) is 88.0 Å². The average Bonchev–Trinajstić information content (AvgIpc) is 2.59. The molecular weight excluding hydrogens is 300 g/mol. The summed E-state index contributed by atoms with van der Waals surface area (Å²) in [4.78, 5) is 23.3. The third-order valence-corrected chi connectivity index (χ3v) is 4.15. The Labute approximate surface area is 135 Å². The molecule has 8 heteroatoms. The molecule has 2 aliphatic heterocycles. The molecule has 1 amide bonds. The van der Waals surface area contributed by atoms with Crippen molar-refractivity contribution in [3.8, 4) is 6.01 Å². The summed E-state index contributed by atoms with van der Waals surface area (Å²) in [5.41, 5.74) is 1.75. The van der Waals surface area contributed by atoms with Crippen LogP contribution in [0.25, 0.3) is 0 Å². The molecule has 8 nitrogen and oxygen atoms in total. The van der Waals surface area contributed by atoms with Crippen molar-refractivity contribution in [3.05, 3.63) is 17.5 Å². The van der Waals surface area contributed by atoms with Gasteiger partial charge in [0.1, 0.15) is 0 Å². The Kier molecular flexibility index (Phi) is 5.24. The lowest BCUT2D eigenvalue weighted by molar-refractivity contribution is 0.0356. The molecule has 0 unspecified atom stereocenters. The third-order valence-electron chi connectivity index (χ3n) is 4.15. The van der Waals surface area contributed by atoms with Crippen LogP contribution < -0.4 is 4.74 Å². The van der Waals surface area contributed by atoms with E-state index in [9.17, 15) is 4.79 Å². The highest BCUT2D eigenvalue weighted by molar-refractivity contribution is 5.65. The Bertz CT molecular complexity index is 548. The zero-order chi connectivity index (χ0) is 16.1. The number of rotatable bonds is 5. The van der Waals surface area contributed by atoms with Crippen LogP contribution in [0.5, 0.6) is 6.01 Å². The summed E-state index contributed by atoms with van der Waals surface area (Å²) in [6, 6.07) is 0.331. The number of aromatic nitrogens is 2. The van der Waals surface area contributed by atoms with Gasteiger partial charge >= 0.3 is 12.1 Å². The Morgan fingerprint density at radius 3 is 2.96 bits per heavy atom. The highest BCUT2D eigenvalue weighted by Gasteiger charge is 2.22. The van der Waals surface area contributed by atoms with Crippen LogP contribution in [0.15, 0.2) is 6.20 Å². The highest BCUT2D eigenvalue weighted by atomic mass is 16.5. The molecule has 3 heterocycles. The molecule has 0 radical (unpaired) electrons. The largest absolute Gasteiger partial charge is 0.465 e. The molecule has 2 aliphatic rings. The van der Waals surface area contributed by atoms with Gasteiger partial charge in [0.2, 0.25) is 0 Å². The van der Waals surface area contributed by atoms with Crippen molar-refractivity contribution in [2.75, 3.05) is 46.0 Å². The molecule has 3 rings (SSSR count). The number of hydrogen-bond donors (Lipinski definition) is 1. The number of carbonyl (C=O) groups is 1. The van der Waals surface area contributed by atoms with Crippen LogP contribution in [0.4, 0.5) is 4.79 Å². The van der Waals surface area contributed by atoms with Crippen LogP contribution in [0.1, 0.15) is 17.7 Å². The summed E-state index contributed by atoms with van der Waals surface area (Å²) in [7, 11) is 0. The summed E-state index contributed by atoms with van der Waals surface area (Å²) in [6.07, 6.45) is 2.39. The molecule has 0 aliphatic carbocycles. The van der Waals surface area contributed by atoms with E-state index in [1.54, 1.807) is 6.20 Å². The fourth-order valence-electron chi connectivity index (χ4n) is 2.79. The van der Waals surface area contributed by atoms with Crippen LogP contribution in [-0.2, 0) is 17.7 Å². The monoisotopic (exact) mass is 322 g/mol. The van der Waals surface area contributed by atoms with Gasteiger partial charge in [-0.3, -0.25) is 4.90 Å². The zero-order valence-electron chi connectivity index (χ0n) is 13.1. The van der Waals surface area contributed by atoms with E-state index in [2.05, 4.69) is 14.9 Å². The van der Waals surface area contributed by atoms with Crippen molar-refractivity contribution in [1.29, 1.82) is 0 Å². The van der Waals surface area contributed by atoms with E-state index in [4.69, 9.17) is 14.6 Å². The van der Waals surface area contributed by atoms with Gasteiger partial charge in [-0.05, 0) is 18.4 Å². The number of nitrogens with zero attached hydrogens (tertiary/aromatic N) is 4. The lowest BCUT2D eigenvalue weighted by Crippen LogP contribution is -2.37. The molecule has 1 N–H and O–H groups in total. The van der Waals surface area contributed by atoms with Crippen molar-refractivity contribution in [3.63, 3.8) is 0 Å². The highest BCUT2D eigenvalue weighted by Crippen LogP contribution is 2.18. The number of carboxylic acid groups (broad SMARTS) is 1. The van der Waals surface area contributed by atoms with E-state index in [-0.39, 0.29) is 0 Å². The summed E-state index contributed by atoms with van der Waals surface area (Å²) in [5, 5.41) is 9.07. The van der Waals surface area contributed by atoms with Gasteiger partial charge in [0.15, 0.2) is 0 Å². The predicted octanol–water partition coefficient (Wildman–Crippen LogP) is 0.614. The van der Waals surface area contributed by atoms with Gasteiger partial charge in [-0.2, -0.15) is 4.98 Å². The van der Waals surface area contributed by atoms with E-state index in [1.807, 2.05) is 0 Å². The maximum atomic E-state index is 11.0. The zero-order valence-corrected chi connectivity index (χ0v) is 13.1. The van der Waals surface area contributed by atoms with Gasteiger partial charge < -0.3 is 19.5 Å². The Morgan fingerprint density at radius 1 is 1.35 bits per heavy atom. The number of morpholine rings is 1. The fourth-order valence-corrected chi connectivity index (χ4v) is 2.79. The normalized spacial score (nSPS) is 18.5. The van der Waals surface area contributed by atoms with Crippen LogP contribution in [0.3, 0.4) is 0 Å². The Morgan fingerprint density at radius 2 is 2.17 bits per heavy atom. The second-order valence-corrected chi connectivity index (χ2v) is 5.73. The lowest BCUT2D eigenvalue weighted by Gasteiger charge is -2.26. The van der Waals surface area contributed by atoms with Crippen molar-refractivity contribution in [2.24, 2.45) is 0 Å². The van der Waals surface area contributed by atoms with E-state index in [0.717, 1.165) is 50.5 Å². The number of ether oxygens (including phenoxy) is 2. The lowest BCUT2D eigenvalue weighted by atomic mass is 10.1. The van der Waals surface area contributed by atoms with E-state index in [1.165, 1.54) is 4.90 Å². The SMILES string of the molecule is O=C(O)N1CCc2cnc(OCCCN3CCOCC3)nc2C1. The minimum Gasteiger partial charge on any atom is -0.465 e. The smallest absolute Gasteiger partial charge is 0.407 e. The first-order chi connectivity index (χ1) is 11.2. The standard InChI is InChI=1S/C15H22N4O4/c20-15(21)19-4-2-12-10-16-14(17-13(12)11-19)23-7-1-3-18-5-8-22-9-6-18/h10H,1-9,11H2,(H,20,21).